The zero-order chi connectivity index (χ0) is 11.9. The molecule has 4 nitrogen and oxygen atoms in total. The second kappa shape index (κ2) is 3.63. The Labute approximate surface area is 93.5 Å². The molecule has 0 bridgehead atoms. The molecule has 1 aromatic carbocycles. The SMILES string of the molecule is Cc1c2cccc(C(=O)O)c2nn1C(C)C. The molecule has 0 saturated carbocycles. The summed E-state index contributed by atoms with van der Waals surface area (Å²) in [7, 11) is 0. The van der Waals surface area contributed by atoms with E-state index in [9.17, 15) is 4.79 Å². The molecule has 0 aliphatic carbocycles. The molecular weight excluding hydrogens is 204 g/mol. The zero-order valence-corrected chi connectivity index (χ0v) is 9.56. The van der Waals surface area contributed by atoms with Crippen molar-refractivity contribution in [3.8, 4) is 0 Å². The van der Waals surface area contributed by atoms with Crippen LogP contribution < -0.4 is 0 Å². The van der Waals surface area contributed by atoms with Crippen molar-refractivity contribution < 1.29 is 9.90 Å². The largest absolute Gasteiger partial charge is 0.478 e. The van der Waals surface area contributed by atoms with Crippen molar-refractivity contribution in [3.63, 3.8) is 0 Å². The van der Waals surface area contributed by atoms with Crippen LogP contribution in [0.1, 0.15) is 35.9 Å². The van der Waals surface area contributed by atoms with Crippen LogP contribution in [0.5, 0.6) is 0 Å². The monoisotopic (exact) mass is 218 g/mol. The maximum Gasteiger partial charge on any atom is 0.337 e. The average Bonchev–Trinajstić information content (AvgIpc) is 2.56. The standard InChI is InChI=1S/C12H14N2O2/c1-7(2)14-8(3)9-5-4-6-10(12(15)16)11(9)13-14/h4-7H,1-3H3,(H,15,16). The topological polar surface area (TPSA) is 55.1 Å². The van der Waals surface area contributed by atoms with Gasteiger partial charge in [0.2, 0.25) is 0 Å². The summed E-state index contributed by atoms with van der Waals surface area (Å²) in [6, 6.07) is 5.48. The molecule has 0 fully saturated rings. The van der Waals surface area contributed by atoms with Crippen LogP contribution in [0.15, 0.2) is 18.2 Å². The Morgan fingerprint density at radius 3 is 2.69 bits per heavy atom. The molecule has 0 amide bonds. The van der Waals surface area contributed by atoms with Crippen LogP contribution in [0.25, 0.3) is 10.9 Å². The molecule has 0 aliphatic heterocycles. The van der Waals surface area contributed by atoms with E-state index in [1.165, 1.54) is 0 Å². The minimum absolute atomic E-state index is 0.231. The minimum Gasteiger partial charge on any atom is -0.478 e. The van der Waals surface area contributed by atoms with Gasteiger partial charge in [0.15, 0.2) is 0 Å². The molecule has 0 aliphatic rings. The van der Waals surface area contributed by atoms with Gasteiger partial charge in [0.05, 0.1) is 5.56 Å². The molecule has 2 rings (SSSR count). The second-order valence-electron chi connectivity index (χ2n) is 4.13. The molecule has 4 heteroatoms. The summed E-state index contributed by atoms with van der Waals surface area (Å²) < 4.78 is 1.86. The fourth-order valence-electron chi connectivity index (χ4n) is 1.92. The van der Waals surface area contributed by atoms with Gasteiger partial charge in [0.1, 0.15) is 5.52 Å². The van der Waals surface area contributed by atoms with Crippen LogP contribution in [0.3, 0.4) is 0 Å². The lowest BCUT2D eigenvalue weighted by Gasteiger charge is -2.06. The predicted octanol–water partition coefficient (Wildman–Crippen LogP) is 2.62. The van der Waals surface area contributed by atoms with Gasteiger partial charge in [-0.25, -0.2) is 4.79 Å². The first-order valence-electron chi connectivity index (χ1n) is 5.23. The van der Waals surface area contributed by atoms with Crippen molar-refractivity contribution in [1.29, 1.82) is 0 Å². The third-order valence-corrected chi connectivity index (χ3v) is 2.70. The number of carbonyl (C=O) groups is 1. The van der Waals surface area contributed by atoms with Gasteiger partial charge in [0, 0.05) is 17.1 Å². The molecule has 1 aromatic heterocycles. The highest BCUT2D eigenvalue weighted by atomic mass is 16.4. The van der Waals surface area contributed by atoms with Crippen molar-refractivity contribution in [2.45, 2.75) is 26.8 Å². The van der Waals surface area contributed by atoms with Gasteiger partial charge in [-0.3, -0.25) is 4.68 Å². The highest BCUT2D eigenvalue weighted by Gasteiger charge is 2.15. The van der Waals surface area contributed by atoms with E-state index in [-0.39, 0.29) is 11.6 Å². The summed E-state index contributed by atoms with van der Waals surface area (Å²) in [5.41, 5.74) is 1.84. The molecule has 0 spiro atoms. The van der Waals surface area contributed by atoms with E-state index in [0.29, 0.717) is 5.52 Å². The lowest BCUT2D eigenvalue weighted by Crippen LogP contribution is -2.04. The van der Waals surface area contributed by atoms with E-state index in [2.05, 4.69) is 5.10 Å². The Hall–Kier alpha value is -1.84. The van der Waals surface area contributed by atoms with Crippen LogP contribution in [0.4, 0.5) is 0 Å². The van der Waals surface area contributed by atoms with Gasteiger partial charge in [-0.15, -0.1) is 0 Å². The van der Waals surface area contributed by atoms with E-state index in [1.807, 2.05) is 31.5 Å². The second-order valence-corrected chi connectivity index (χ2v) is 4.13. The predicted molar refractivity (Wildman–Crippen MR) is 61.8 cm³/mol. The number of aromatic nitrogens is 2. The maximum atomic E-state index is 11.1. The normalized spacial score (nSPS) is 11.2. The fourth-order valence-corrected chi connectivity index (χ4v) is 1.92. The Morgan fingerprint density at radius 2 is 2.12 bits per heavy atom. The smallest absolute Gasteiger partial charge is 0.337 e. The number of aryl methyl sites for hydroxylation is 1. The minimum atomic E-state index is -0.931. The molecule has 16 heavy (non-hydrogen) atoms. The molecule has 0 saturated heterocycles. The number of aromatic carboxylic acids is 1. The quantitative estimate of drug-likeness (QED) is 0.843. The van der Waals surface area contributed by atoms with Crippen LogP contribution in [-0.2, 0) is 0 Å². The van der Waals surface area contributed by atoms with E-state index in [0.717, 1.165) is 11.1 Å². The van der Waals surface area contributed by atoms with Crippen molar-refractivity contribution in [2.24, 2.45) is 0 Å². The number of benzene rings is 1. The molecule has 2 aromatic rings. The lowest BCUT2D eigenvalue weighted by atomic mass is 10.1. The summed E-state index contributed by atoms with van der Waals surface area (Å²) in [5.74, 6) is -0.931. The molecule has 1 heterocycles. The number of carboxylic acids is 1. The number of nitrogens with zero attached hydrogens (tertiary/aromatic N) is 2. The van der Waals surface area contributed by atoms with E-state index >= 15 is 0 Å². The van der Waals surface area contributed by atoms with Crippen molar-refractivity contribution in [2.75, 3.05) is 0 Å². The van der Waals surface area contributed by atoms with Crippen LogP contribution in [0.2, 0.25) is 0 Å². The highest BCUT2D eigenvalue weighted by Crippen LogP contribution is 2.23. The van der Waals surface area contributed by atoms with Gasteiger partial charge in [-0.1, -0.05) is 12.1 Å². The number of rotatable bonds is 2. The Morgan fingerprint density at radius 1 is 1.44 bits per heavy atom. The van der Waals surface area contributed by atoms with Crippen LogP contribution in [-0.4, -0.2) is 20.9 Å². The zero-order valence-electron chi connectivity index (χ0n) is 9.56. The summed E-state index contributed by atoms with van der Waals surface area (Å²) in [6.45, 7) is 6.01. The first-order valence-corrected chi connectivity index (χ1v) is 5.23. The van der Waals surface area contributed by atoms with Gasteiger partial charge in [-0.05, 0) is 26.8 Å². The summed E-state index contributed by atoms with van der Waals surface area (Å²) in [4.78, 5) is 11.1. The van der Waals surface area contributed by atoms with E-state index in [1.54, 1.807) is 12.1 Å². The van der Waals surface area contributed by atoms with Gasteiger partial charge in [-0.2, -0.15) is 5.10 Å². The summed E-state index contributed by atoms with van der Waals surface area (Å²) >= 11 is 0. The number of hydrogen-bond acceptors (Lipinski definition) is 2. The molecule has 0 atom stereocenters. The first kappa shape index (κ1) is 10.7. The van der Waals surface area contributed by atoms with Gasteiger partial charge >= 0.3 is 5.97 Å². The van der Waals surface area contributed by atoms with Crippen molar-refractivity contribution in [3.05, 3.63) is 29.5 Å². The number of hydrogen-bond donors (Lipinski definition) is 1. The third kappa shape index (κ3) is 1.46. The van der Waals surface area contributed by atoms with Crippen LogP contribution >= 0.6 is 0 Å². The first-order chi connectivity index (χ1) is 7.52. The lowest BCUT2D eigenvalue weighted by molar-refractivity contribution is 0.0698. The van der Waals surface area contributed by atoms with Gasteiger partial charge < -0.3 is 5.11 Å². The molecule has 1 N–H and O–H groups in total. The highest BCUT2D eigenvalue weighted by molar-refractivity contribution is 6.02. The van der Waals surface area contributed by atoms with Crippen LogP contribution in [0, 0.1) is 6.92 Å². The van der Waals surface area contributed by atoms with Crippen molar-refractivity contribution in [1.82, 2.24) is 9.78 Å². The molecule has 0 radical (unpaired) electrons. The molecule has 0 unspecified atom stereocenters. The fraction of sp³-hybridized carbons (Fsp3) is 0.333. The number of fused-ring (bicyclic) bond motifs is 1. The number of carboxylic acid groups (broad SMARTS) is 1. The summed E-state index contributed by atoms with van der Waals surface area (Å²) in [5, 5.41) is 14.4. The Kier molecular flexibility index (Phi) is 2.42. The molecular formula is C12H14N2O2. The Bertz CT molecular complexity index is 555. The van der Waals surface area contributed by atoms with E-state index in [4.69, 9.17) is 5.11 Å². The van der Waals surface area contributed by atoms with E-state index < -0.39 is 5.97 Å². The van der Waals surface area contributed by atoms with Crippen molar-refractivity contribution >= 4 is 16.9 Å². The van der Waals surface area contributed by atoms with Gasteiger partial charge in [0.25, 0.3) is 0 Å². The summed E-state index contributed by atoms with van der Waals surface area (Å²) in [6.07, 6.45) is 0. The Balaban J connectivity index is 2.80. The molecule has 84 valence electrons. The average molecular weight is 218 g/mol. The third-order valence-electron chi connectivity index (χ3n) is 2.70. The maximum absolute atomic E-state index is 11.1.